The van der Waals surface area contributed by atoms with Gasteiger partial charge in [-0.2, -0.15) is 0 Å². The Morgan fingerprint density at radius 1 is 1.07 bits per heavy atom. The average Bonchev–Trinajstić information content (AvgIpc) is 2.96. The second-order valence-electron chi connectivity index (χ2n) is 6.63. The predicted octanol–water partition coefficient (Wildman–Crippen LogP) is 1.99. The van der Waals surface area contributed by atoms with E-state index >= 15 is 0 Å². The molecule has 2 aromatic carbocycles. The lowest BCUT2D eigenvalue weighted by Crippen LogP contribution is -2.32. The Kier molecular flexibility index (Phi) is 5.86. The van der Waals surface area contributed by atoms with E-state index < -0.39 is 22.7 Å². The van der Waals surface area contributed by atoms with Gasteiger partial charge in [-0.05, 0) is 30.2 Å². The van der Waals surface area contributed by atoms with Crippen LogP contribution in [-0.4, -0.2) is 45.2 Å². The number of carbonyl (C=O) groups is 4. The van der Waals surface area contributed by atoms with Crippen molar-refractivity contribution >= 4 is 29.4 Å². The molecule has 154 valence electrons. The third kappa shape index (κ3) is 4.32. The van der Waals surface area contributed by atoms with Gasteiger partial charge in [0.1, 0.15) is 0 Å². The second kappa shape index (κ2) is 8.52. The minimum absolute atomic E-state index is 0.00205. The summed E-state index contributed by atoms with van der Waals surface area (Å²) in [6, 6.07) is 9.67. The largest absolute Gasteiger partial charge is 0.478 e. The summed E-state index contributed by atoms with van der Waals surface area (Å²) in [6.45, 7) is 0.151. The summed E-state index contributed by atoms with van der Waals surface area (Å²) in [5, 5.41) is 22.5. The minimum Gasteiger partial charge on any atom is -0.478 e. The topological polar surface area (TPSA) is 147 Å². The van der Waals surface area contributed by atoms with E-state index in [2.05, 4.69) is 5.32 Å². The Morgan fingerprint density at radius 3 is 2.50 bits per heavy atom. The number of benzene rings is 2. The molecule has 0 saturated carbocycles. The summed E-state index contributed by atoms with van der Waals surface area (Å²) in [5.74, 6) is -2.54. The molecule has 0 atom stereocenters. The first kappa shape index (κ1) is 20.6. The van der Waals surface area contributed by atoms with Crippen LogP contribution in [0.3, 0.4) is 0 Å². The summed E-state index contributed by atoms with van der Waals surface area (Å²) in [5.41, 5.74) is 0.561. The number of aromatic carboxylic acids is 1. The van der Waals surface area contributed by atoms with Gasteiger partial charge in [0.05, 0.1) is 21.6 Å². The molecule has 0 fully saturated rings. The number of hydrogen-bond acceptors (Lipinski definition) is 6. The molecular weight excluding hydrogens is 394 g/mol. The number of nitrogens with one attached hydrogen (secondary N) is 1. The van der Waals surface area contributed by atoms with Crippen molar-refractivity contribution in [3.63, 3.8) is 0 Å². The molecular formula is C20H17N3O7. The number of carboxylic acids is 1. The van der Waals surface area contributed by atoms with Crippen LogP contribution in [0.5, 0.6) is 0 Å². The van der Waals surface area contributed by atoms with E-state index in [-0.39, 0.29) is 54.2 Å². The summed E-state index contributed by atoms with van der Waals surface area (Å²) in [7, 11) is 0. The first-order chi connectivity index (χ1) is 14.3. The number of rotatable bonds is 8. The van der Waals surface area contributed by atoms with Gasteiger partial charge in [-0.15, -0.1) is 0 Å². The number of carboxylic acid groups (broad SMARTS) is 1. The van der Waals surface area contributed by atoms with Gasteiger partial charge in [-0.3, -0.25) is 29.4 Å². The van der Waals surface area contributed by atoms with Crippen molar-refractivity contribution in [3.8, 4) is 0 Å². The Balaban J connectivity index is 1.51. The van der Waals surface area contributed by atoms with E-state index in [9.17, 15) is 29.3 Å². The highest BCUT2D eigenvalue weighted by molar-refractivity contribution is 6.21. The zero-order valence-corrected chi connectivity index (χ0v) is 15.7. The predicted molar refractivity (Wildman–Crippen MR) is 103 cm³/mol. The van der Waals surface area contributed by atoms with Crippen LogP contribution >= 0.6 is 0 Å². The molecule has 2 aromatic rings. The van der Waals surface area contributed by atoms with Crippen molar-refractivity contribution in [2.24, 2.45) is 0 Å². The lowest BCUT2D eigenvalue weighted by Gasteiger charge is -2.13. The lowest BCUT2D eigenvalue weighted by molar-refractivity contribution is -0.384. The molecule has 3 rings (SSSR count). The van der Waals surface area contributed by atoms with Gasteiger partial charge in [-0.25, -0.2) is 4.79 Å². The van der Waals surface area contributed by atoms with Gasteiger partial charge in [0.2, 0.25) is 5.91 Å². The molecule has 0 saturated heterocycles. The first-order valence-electron chi connectivity index (χ1n) is 9.01. The van der Waals surface area contributed by atoms with Crippen LogP contribution in [0.25, 0.3) is 0 Å². The Bertz CT molecular complexity index is 1060. The molecule has 0 radical (unpaired) electrons. The second-order valence-corrected chi connectivity index (χ2v) is 6.63. The Labute approximate surface area is 170 Å². The summed E-state index contributed by atoms with van der Waals surface area (Å²) >= 11 is 0. The Morgan fingerprint density at radius 2 is 1.80 bits per heavy atom. The standard InChI is InChI=1S/C20H17N3O7/c24-17(21-11-12-3-1-4-13(9-12)20(27)28)5-2-8-22-18(25)15-7-6-14(23(29)30)10-16(15)19(22)26/h1,3-4,6-7,9-10H,2,5,8,11H2,(H,21,24)(H,27,28). The van der Waals surface area contributed by atoms with Crippen molar-refractivity contribution < 1.29 is 29.2 Å². The molecule has 10 heteroatoms. The van der Waals surface area contributed by atoms with Crippen molar-refractivity contribution in [1.82, 2.24) is 10.2 Å². The summed E-state index contributed by atoms with van der Waals surface area (Å²) in [6.07, 6.45) is 0.265. The van der Waals surface area contributed by atoms with Crippen molar-refractivity contribution in [3.05, 3.63) is 74.8 Å². The van der Waals surface area contributed by atoms with Crippen LogP contribution in [0, 0.1) is 10.1 Å². The van der Waals surface area contributed by atoms with Crippen LogP contribution in [0.1, 0.15) is 49.5 Å². The highest BCUT2D eigenvalue weighted by Crippen LogP contribution is 2.27. The SMILES string of the molecule is O=C(CCCN1C(=O)c2ccc([N+](=O)[O-])cc2C1=O)NCc1cccc(C(=O)O)c1. The number of nitrogens with zero attached hydrogens (tertiary/aromatic N) is 2. The number of carbonyl (C=O) groups excluding carboxylic acids is 3. The summed E-state index contributed by atoms with van der Waals surface area (Å²) in [4.78, 5) is 58.9. The zero-order chi connectivity index (χ0) is 21.8. The van der Waals surface area contributed by atoms with E-state index in [4.69, 9.17) is 5.11 Å². The molecule has 0 aromatic heterocycles. The van der Waals surface area contributed by atoms with Gasteiger partial charge in [-0.1, -0.05) is 12.1 Å². The first-order valence-corrected chi connectivity index (χ1v) is 9.01. The molecule has 1 aliphatic heterocycles. The van der Waals surface area contributed by atoms with E-state index in [0.29, 0.717) is 5.56 Å². The van der Waals surface area contributed by atoms with E-state index in [1.807, 2.05) is 0 Å². The fraction of sp³-hybridized carbons (Fsp3) is 0.200. The minimum atomic E-state index is -1.06. The van der Waals surface area contributed by atoms with Gasteiger partial charge >= 0.3 is 5.97 Å². The molecule has 1 aliphatic rings. The Hall–Kier alpha value is -4.08. The number of fused-ring (bicyclic) bond motifs is 1. The number of nitro groups is 1. The monoisotopic (exact) mass is 411 g/mol. The maximum Gasteiger partial charge on any atom is 0.335 e. The highest BCUT2D eigenvalue weighted by Gasteiger charge is 2.36. The third-order valence-electron chi connectivity index (χ3n) is 4.61. The van der Waals surface area contributed by atoms with E-state index in [1.165, 1.54) is 24.3 Å². The third-order valence-corrected chi connectivity index (χ3v) is 4.61. The molecule has 2 N–H and O–H groups in total. The van der Waals surface area contributed by atoms with E-state index in [0.717, 1.165) is 11.0 Å². The van der Waals surface area contributed by atoms with E-state index in [1.54, 1.807) is 12.1 Å². The molecule has 30 heavy (non-hydrogen) atoms. The zero-order valence-electron chi connectivity index (χ0n) is 15.7. The normalized spacial score (nSPS) is 12.6. The number of hydrogen-bond donors (Lipinski definition) is 2. The number of amides is 3. The molecule has 1 heterocycles. The summed E-state index contributed by atoms with van der Waals surface area (Å²) < 4.78 is 0. The number of non-ortho nitro benzene ring substituents is 1. The lowest BCUT2D eigenvalue weighted by atomic mass is 10.1. The highest BCUT2D eigenvalue weighted by atomic mass is 16.6. The van der Waals surface area contributed by atoms with Gasteiger partial charge in [0, 0.05) is 31.6 Å². The van der Waals surface area contributed by atoms with Gasteiger partial charge in [0.15, 0.2) is 0 Å². The number of nitro benzene ring substituents is 1. The van der Waals surface area contributed by atoms with Crippen LogP contribution < -0.4 is 5.32 Å². The van der Waals surface area contributed by atoms with Crippen molar-refractivity contribution in [2.45, 2.75) is 19.4 Å². The number of imide groups is 1. The van der Waals surface area contributed by atoms with Crippen LogP contribution in [0.4, 0.5) is 5.69 Å². The van der Waals surface area contributed by atoms with Gasteiger partial charge in [0.25, 0.3) is 17.5 Å². The van der Waals surface area contributed by atoms with Crippen molar-refractivity contribution in [1.29, 1.82) is 0 Å². The molecule has 0 aliphatic carbocycles. The molecule has 10 nitrogen and oxygen atoms in total. The maximum absolute atomic E-state index is 12.4. The quantitative estimate of drug-likeness (QED) is 0.383. The maximum atomic E-state index is 12.4. The van der Waals surface area contributed by atoms with Crippen LogP contribution in [-0.2, 0) is 11.3 Å². The average molecular weight is 411 g/mol. The fourth-order valence-electron chi connectivity index (χ4n) is 3.10. The molecule has 0 spiro atoms. The van der Waals surface area contributed by atoms with Crippen LogP contribution in [0.2, 0.25) is 0 Å². The van der Waals surface area contributed by atoms with Crippen molar-refractivity contribution in [2.75, 3.05) is 6.54 Å². The van der Waals surface area contributed by atoms with Gasteiger partial charge < -0.3 is 10.4 Å². The molecule has 3 amide bonds. The smallest absolute Gasteiger partial charge is 0.335 e. The molecule has 0 bridgehead atoms. The fourth-order valence-corrected chi connectivity index (χ4v) is 3.10. The molecule has 0 unspecified atom stereocenters. The van der Waals surface area contributed by atoms with Crippen LogP contribution in [0.15, 0.2) is 42.5 Å².